The van der Waals surface area contributed by atoms with Crippen molar-refractivity contribution in [2.24, 2.45) is 5.41 Å². The Morgan fingerprint density at radius 3 is 2.46 bits per heavy atom. The van der Waals surface area contributed by atoms with Crippen LogP contribution in [0, 0.1) is 25.1 Å². The first-order valence-corrected chi connectivity index (χ1v) is 9.25. The molecule has 2 N–H and O–H groups in total. The van der Waals surface area contributed by atoms with Crippen LogP contribution in [0.4, 0.5) is 4.39 Å². The van der Waals surface area contributed by atoms with E-state index in [-0.39, 0.29) is 31.8 Å². The van der Waals surface area contributed by atoms with Crippen molar-refractivity contribution < 1.29 is 24.2 Å². The number of hydrogen-bond acceptors (Lipinski definition) is 3. The molecule has 0 aliphatic carbocycles. The molecule has 0 bridgehead atoms. The van der Waals surface area contributed by atoms with Gasteiger partial charge < -0.3 is 15.1 Å². The first-order valence-electron chi connectivity index (χ1n) is 9.25. The largest absolute Gasteiger partial charge is 0.481 e. The number of amides is 1. The normalized spacial score (nSPS) is 22.1. The maximum Gasteiger partial charge on any atom is 0.314 e. The molecule has 2 atom stereocenters. The van der Waals surface area contributed by atoms with E-state index in [1.165, 1.54) is 29.2 Å². The minimum Gasteiger partial charge on any atom is -0.481 e. The number of likely N-dealkylation sites (tertiary alicyclic amines) is 1. The van der Waals surface area contributed by atoms with E-state index in [1.54, 1.807) is 6.07 Å². The molecule has 3 rings (SSSR count). The molecule has 0 unspecified atom stereocenters. The number of carbonyl (C=O) groups is 2. The van der Waals surface area contributed by atoms with Gasteiger partial charge in [0.2, 0.25) is 0 Å². The summed E-state index contributed by atoms with van der Waals surface area (Å²) in [6.07, 6.45) is -0.914. The number of nitrogens with zero attached hydrogens (tertiary/aromatic N) is 1. The van der Waals surface area contributed by atoms with Crippen LogP contribution < -0.4 is 0 Å². The summed E-state index contributed by atoms with van der Waals surface area (Å²) in [6.45, 7) is 3.97. The third kappa shape index (κ3) is 3.78. The fraction of sp³-hybridized carbons (Fsp3) is 0.364. The zero-order chi connectivity index (χ0) is 20.5. The summed E-state index contributed by atoms with van der Waals surface area (Å²) in [5.74, 6) is -1.82. The van der Waals surface area contributed by atoms with E-state index in [9.17, 15) is 24.2 Å². The van der Waals surface area contributed by atoms with Crippen LogP contribution >= 0.6 is 0 Å². The number of aliphatic hydroxyl groups is 1. The van der Waals surface area contributed by atoms with E-state index in [0.717, 1.165) is 11.1 Å². The number of halogens is 1. The van der Waals surface area contributed by atoms with Gasteiger partial charge >= 0.3 is 5.97 Å². The van der Waals surface area contributed by atoms with Gasteiger partial charge in [0.05, 0.1) is 6.10 Å². The van der Waals surface area contributed by atoms with E-state index in [1.807, 2.05) is 26.0 Å². The average Bonchev–Trinajstić information content (AvgIpc) is 2.64. The Morgan fingerprint density at radius 2 is 1.86 bits per heavy atom. The van der Waals surface area contributed by atoms with E-state index in [2.05, 4.69) is 0 Å². The summed E-state index contributed by atoms with van der Waals surface area (Å²) in [4.78, 5) is 26.8. The van der Waals surface area contributed by atoms with Crippen LogP contribution in [0.15, 0.2) is 42.5 Å². The number of piperidine rings is 1. The lowest BCUT2D eigenvalue weighted by Gasteiger charge is -2.43. The van der Waals surface area contributed by atoms with E-state index < -0.39 is 23.3 Å². The highest BCUT2D eigenvalue weighted by Crippen LogP contribution is 2.35. The van der Waals surface area contributed by atoms with Crippen molar-refractivity contribution in [2.45, 2.75) is 32.8 Å². The third-order valence-corrected chi connectivity index (χ3v) is 5.54. The van der Waals surface area contributed by atoms with Crippen molar-refractivity contribution in [2.75, 3.05) is 13.1 Å². The zero-order valence-corrected chi connectivity index (χ0v) is 16.0. The molecule has 2 aromatic carbocycles. The number of aliphatic carboxylic acids is 1. The molecule has 6 heteroatoms. The molecule has 1 amide bonds. The minimum absolute atomic E-state index is 0.0143. The van der Waals surface area contributed by atoms with Gasteiger partial charge in [0, 0.05) is 18.7 Å². The summed E-state index contributed by atoms with van der Waals surface area (Å²) >= 11 is 0. The third-order valence-electron chi connectivity index (χ3n) is 5.54. The lowest BCUT2D eigenvalue weighted by molar-refractivity contribution is -0.161. The van der Waals surface area contributed by atoms with Gasteiger partial charge in [-0.05, 0) is 56.0 Å². The quantitative estimate of drug-likeness (QED) is 0.848. The lowest BCUT2D eigenvalue weighted by atomic mass is 9.72. The van der Waals surface area contributed by atoms with Crippen molar-refractivity contribution in [3.8, 4) is 0 Å². The summed E-state index contributed by atoms with van der Waals surface area (Å²) in [5.41, 5.74) is 1.46. The number of aliphatic hydroxyl groups excluding tert-OH is 1. The van der Waals surface area contributed by atoms with Crippen molar-refractivity contribution in [3.63, 3.8) is 0 Å². The second kappa shape index (κ2) is 7.72. The first-order chi connectivity index (χ1) is 13.2. The lowest BCUT2D eigenvalue weighted by Crippen LogP contribution is -2.58. The molecular formula is C22H24FNO4. The van der Waals surface area contributed by atoms with Crippen LogP contribution in [0.3, 0.4) is 0 Å². The Bertz CT molecular complexity index is 896. The second-order valence-electron chi connectivity index (χ2n) is 7.61. The Labute approximate surface area is 163 Å². The molecule has 1 aliphatic heterocycles. The van der Waals surface area contributed by atoms with Gasteiger partial charge in [0.1, 0.15) is 11.2 Å². The predicted molar refractivity (Wildman–Crippen MR) is 103 cm³/mol. The fourth-order valence-corrected chi connectivity index (χ4v) is 3.90. The number of hydrogen-bond donors (Lipinski definition) is 2. The predicted octanol–water partition coefficient (Wildman–Crippen LogP) is 2.96. The van der Waals surface area contributed by atoms with Crippen LogP contribution in [0.25, 0.3) is 0 Å². The van der Waals surface area contributed by atoms with Crippen molar-refractivity contribution in [1.82, 2.24) is 4.90 Å². The molecule has 1 saturated heterocycles. The van der Waals surface area contributed by atoms with Gasteiger partial charge in [0.25, 0.3) is 5.91 Å². The van der Waals surface area contributed by atoms with Gasteiger partial charge in [-0.2, -0.15) is 0 Å². The van der Waals surface area contributed by atoms with E-state index in [0.29, 0.717) is 11.1 Å². The molecule has 0 radical (unpaired) electrons. The van der Waals surface area contributed by atoms with Crippen LogP contribution in [-0.2, 0) is 11.2 Å². The Hall–Kier alpha value is -2.73. The van der Waals surface area contributed by atoms with Gasteiger partial charge in [-0.1, -0.05) is 29.8 Å². The molecule has 28 heavy (non-hydrogen) atoms. The van der Waals surface area contributed by atoms with Crippen LogP contribution in [0.1, 0.15) is 33.5 Å². The number of benzene rings is 2. The number of carboxylic acid groups (broad SMARTS) is 1. The highest BCUT2D eigenvalue weighted by molar-refractivity contribution is 5.96. The highest BCUT2D eigenvalue weighted by atomic mass is 19.1. The fourth-order valence-electron chi connectivity index (χ4n) is 3.90. The monoisotopic (exact) mass is 385 g/mol. The summed E-state index contributed by atoms with van der Waals surface area (Å²) in [6, 6.07) is 11.1. The molecule has 1 heterocycles. The van der Waals surface area contributed by atoms with Crippen molar-refractivity contribution in [1.29, 1.82) is 0 Å². The number of carboxylic acids is 1. The number of carbonyl (C=O) groups excluding carboxylic acids is 1. The molecule has 5 nitrogen and oxygen atoms in total. The average molecular weight is 385 g/mol. The van der Waals surface area contributed by atoms with Crippen LogP contribution in [0.2, 0.25) is 0 Å². The SMILES string of the molecule is Cc1ccc(C(=O)N2CC[C@@H](O)[C@](Cc3ccc(F)cc3)(C(=O)O)C2)c(C)c1. The van der Waals surface area contributed by atoms with Crippen molar-refractivity contribution >= 4 is 11.9 Å². The molecule has 1 fully saturated rings. The smallest absolute Gasteiger partial charge is 0.314 e. The zero-order valence-electron chi connectivity index (χ0n) is 16.0. The summed E-state index contributed by atoms with van der Waals surface area (Å²) in [5, 5.41) is 20.5. The van der Waals surface area contributed by atoms with E-state index in [4.69, 9.17) is 0 Å². The van der Waals surface area contributed by atoms with Gasteiger partial charge in [-0.25, -0.2) is 4.39 Å². The van der Waals surface area contributed by atoms with Crippen molar-refractivity contribution in [3.05, 3.63) is 70.5 Å². The molecule has 0 aromatic heterocycles. The molecule has 148 valence electrons. The molecule has 2 aromatic rings. The summed E-state index contributed by atoms with van der Waals surface area (Å²) < 4.78 is 13.2. The number of rotatable bonds is 4. The van der Waals surface area contributed by atoms with Gasteiger partial charge in [0.15, 0.2) is 0 Å². The molecule has 0 saturated carbocycles. The maximum absolute atomic E-state index is 13.2. The topological polar surface area (TPSA) is 77.8 Å². The standard InChI is InChI=1S/C22H24FNO4/c1-14-3-8-18(15(2)11-14)20(26)24-10-9-19(25)22(13-24,21(27)28)12-16-4-6-17(23)7-5-16/h3-8,11,19,25H,9-10,12-13H2,1-2H3,(H,27,28)/t19-,22-/m1/s1. The Morgan fingerprint density at radius 1 is 1.18 bits per heavy atom. The maximum atomic E-state index is 13.2. The minimum atomic E-state index is -1.54. The van der Waals surface area contributed by atoms with E-state index >= 15 is 0 Å². The Balaban J connectivity index is 1.91. The first kappa shape index (κ1) is 20.0. The molecule has 1 aliphatic rings. The van der Waals surface area contributed by atoms with Gasteiger partial charge in [-0.3, -0.25) is 9.59 Å². The second-order valence-corrected chi connectivity index (χ2v) is 7.61. The number of aryl methyl sites for hydroxylation is 2. The van der Waals surface area contributed by atoms with Crippen LogP contribution in [0.5, 0.6) is 0 Å². The van der Waals surface area contributed by atoms with Crippen LogP contribution in [-0.4, -0.2) is 46.2 Å². The molecule has 0 spiro atoms. The molecular weight excluding hydrogens is 361 g/mol. The van der Waals surface area contributed by atoms with Gasteiger partial charge in [-0.15, -0.1) is 0 Å². The Kier molecular flexibility index (Phi) is 5.52. The summed E-state index contributed by atoms with van der Waals surface area (Å²) in [7, 11) is 0. The highest BCUT2D eigenvalue weighted by Gasteiger charge is 2.50.